The van der Waals surface area contributed by atoms with E-state index in [0.717, 1.165) is 17.6 Å². The normalized spacial score (nSPS) is 22.9. The third-order valence-corrected chi connectivity index (χ3v) is 4.30. The van der Waals surface area contributed by atoms with Crippen molar-refractivity contribution in [2.45, 2.75) is 25.4 Å². The first-order valence-electron chi connectivity index (χ1n) is 7.54. The number of hydrogen-bond donors (Lipinski definition) is 1. The first-order valence-corrected chi connectivity index (χ1v) is 7.54. The second-order valence-electron chi connectivity index (χ2n) is 5.79. The molecule has 0 bridgehead atoms. The number of nitrogens with zero attached hydrogens (tertiary/aromatic N) is 2. The number of rotatable bonds is 1. The molecular weight excluding hydrogens is 314 g/mol. The minimum absolute atomic E-state index is 0.205. The minimum atomic E-state index is -1.03. The largest absolute Gasteiger partial charge is 0.462 e. The molecule has 0 saturated carbocycles. The number of likely N-dealkylation sites (tertiary alicyclic amines) is 1. The molecule has 2 heterocycles. The van der Waals surface area contributed by atoms with E-state index < -0.39 is 35.9 Å². The van der Waals surface area contributed by atoms with Gasteiger partial charge in [-0.3, -0.25) is 9.59 Å². The number of ether oxygens (including phenoxy) is 1. The van der Waals surface area contributed by atoms with Crippen molar-refractivity contribution >= 4 is 29.5 Å². The molecule has 0 unspecified atom stereocenters. The van der Waals surface area contributed by atoms with Crippen LogP contribution in [0, 0.1) is 6.92 Å². The molecule has 126 valence electrons. The van der Waals surface area contributed by atoms with Crippen LogP contribution in [-0.2, 0) is 19.1 Å². The summed E-state index contributed by atoms with van der Waals surface area (Å²) >= 11 is 0. The highest BCUT2D eigenvalue weighted by atomic mass is 16.5. The van der Waals surface area contributed by atoms with Crippen molar-refractivity contribution in [2.75, 3.05) is 18.6 Å². The van der Waals surface area contributed by atoms with Gasteiger partial charge in [-0.15, -0.1) is 0 Å². The molecule has 0 aromatic heterocycles. The summed E-state index contributed by atoms with van der Waals surface area (Å²) in [5.74, 6) is -2.43. The fourth-order valence-electron chi connectivity index (χ4n) is 3.08. The average Bonchev–Trinajstić information content (AvgIpc) is 2.99. The smallest absolute Gasteiger partial charge is 0.396 e. The summed E-state index contributed by atoms with van der Waals surface area (Å²) in [5, 5.41) is 2.73. The molecule has 0 spiro atoms. The molecule has 3 rings (SSSR count). The highest BCUT2D eigenvalue weighted by molar-refractivity contribution is 6.33. The molecule has 8 nitrogen and oxygen atoms in total. The van der Waals surface area contributed by atoms with Crippen LogP contribution in [0.1, 0.15) is 12.0 Å². The maximum absolute atomic E-state index is 12.8. The summed E-state index contributed by atoms with van der Waals surface area (Å²) < 4.78 is 4.44. The fourth-order valence-corrected chi connectivity index (χ4v) is 3.08. The van der Waals surface area contributed by atoms with Gasteiger partial charge in [0.25, 0.3) is 5.91 Å². The number of benzene rings is 1. The number of imide groups is 1. The van der Waals surface area contributed by atoms with Gasteiger partial charge in [-0.25, -0.2) is 14.5 Å². The number of aryl methyl sites for hydroxylation is 1. The number of fused-ring (bicyclic) bond motifs is 1. The third-order valence-electron chi connectivity index (χ3n) is 4.30. The number of nitrogens with one attached hydrogen (secondary N) is 1. The Morgan fingerprint density at radius 3 is 2.50 bits per heavy atom. The number of esters is 1. The Morgan fingerprint density at radius 1 is 1.21 bits per heavy atom. The Morgan fingerprint density at radius 2 is 1.88 bits per heavy atom. The number of amides is 4. The van der Waals surface area contributed by atoms with Gasteiger partial charge < -0.3 is 15.0 Å². The van der Waals surface area contributed by atoms with Gasteiger partial charge in [-0.2, -0.15) is 0 Å². The van der Waals surface area contributed by atoms with Crippen LogP contribution in [-0.4, -0.2) is 54.5 Å². The van der Waals surface area contributed by atoms with Gasteiger partial charge in [-0.1, -0.05) is 17.7 Å². The highest BCUT2D eigenvalue weighted by Crippen LogP contribution is 2.28. The molecular formula is C16H17N3O5. The van der Waals surface area contributed by atoms with Crippen molar-refractivity contribution in [2.24, 2.45) is 0 Å². The number of hydrogen-bond acceptors (Lipinski definition) is 5. The van der Waals surface area contributed by atoms with Gasteiger partial charge in [0, 0.05) is 6.54 Å². The summed E-state index contributed by atoms with van der Waals surface area (Å²) in [6, 6.07) is 4.96. The number of carbonyl (C=O) groups excluding carboxylic acids is 4. The van der Waals surface area contributed by atoms with Gasteiger partial charge >= 0.3 is 17.9 Å². The Kier molecular flexibility index (Phi) is 3.96. The monoisotopic (exact) mass is 331 g/mol. The first kappa shape index (κ1) is 16.0. The zero-order chi connectivity index (χ0) is 17.4. The lowest BCUT2D eigenvalue weighted by Gasteiger charge is -2.36. The zero-order valence-corrected chi connectivity index (χ0v) is 13.3. The van der Waals surface area contributed by atoms with E-state index in [1.807, 2.05) is 6.92 Å². The zero-order valence-electron chi connectivity index (χ0n) is 13.3. The molecule has 24 heavy (non-hydrogen) atoms. The summed E-state index contributed by atoms with van der Waals surface area (Å²) in [5.41, 5.74) is 1.41. The third kappa shape index (κ3) is 2.49. The molecule has 1 N–H and O–H groups in total. The molecule has 1 aromatic carbocycles. The Bertz CT molecular complexity index is 715. The van der Waals surface area contributed by atoms with Crippen LogP contribution >= 0.6 is 0 Å². The molecule has 2 aliphatic heterocycles. The van der Waals surface area contributed by atoms with Gasteiger partial charge in [-0.05, 0) is 25.5 Å². The van der Waals surface area contributed by atoms with Crippen molar-refractivity contribution in [3.8, 4) is 0 Å². The second-order valence-corrected chi connectivity index (χ2v) is 5.79. The minimum Gasteiger partial charge on any atom is -0.462 e. The van der Waals surface area contributed by atoms with E-state index in [4.69, 9.17) is 0 Å². The molecule has 0 aliphatic carbocycles. The molecule has 2 fully saturated rings. The predicted molar refractivity (Wildman–Crippen MR) is 83.1 cm³/mol. The van der Waals surface area contributed by atoms with Crippen LogP contribution in [0.4, 0.5) is 10.5 Å². The molecule has 2 atom stereocenters. The molecule has 1 aromatic rings. The lowest BCUT2D eigenvalue weighted by atomic mass is 10.0. The van der Waals surface area contributed by atoms with E-state index in [1.54, 1.807) is 24.3 Å². The second kappa shape index (κ2) is 5.95. The summed E-state index contributed by atoms with van der Waals surface area (Å²) in [4.78, 5) is 50.9. The van der Waals surface area contributed by atoms with E-state index in [1.165, 1.54) is 4.90 Å². The van der Waals surface area contributed by atoms with Gasteiger partial charge in [0.15, 0.2) is 0 Å². The van der Waals surface area contributed by atoms with Crippen LogP contribution in [0.3, 0.4) is 0 Å². The number of anilines is 1. The maximum Gasteiger partial charge on any atom is 0.396 e. The Balaban J connectivity index is 1.91. The van der Waals surface area contributed by atoms with Gasteiger partial charge in [0.05, 0.1) is 18.8 Å². The van der Waals surface area contributed by atoms with Gasteiger partial charge in [0.2, 0.25) is 0 Å². The fraction of sp³-hybridized carbons (Fsp3) is 0.375. The lowest BCUT2D eigenvalue weighted by Crippen LogP contribution is -2.65. The number of methoxy groups -OCH3 is 1. The predicted octanol–water partition coefficient (Wildman–Crippen LogP) is 0.194. The lowest BCUT2D eigenvalue weighted by molar-refractivity contribution is -0.159. The molecule has 0 radical (unpaired) electrons. The summed E-state index contributed by atoms with van der Waals surface area (Å²) in [6.45, 7) is 2.10. The van der Waals surface area contributed by atoms with Crippen LogP contribution in [0.15, 0.2) is 24.3 Å². The van der Waals surface area contributed by atoms with Crippen molar-refractivity contribution in [1.29, 1.82) is 0 Å². The number of carbonyl (C=O) groups is 4. The van der Waals surface area contributed by atoms with E-state index in [-0.39, 0.29) is 6.54 Å². The average molecular weight is 331 g/mol. The van der Waals surface area contributed by atoms with E-state index in [9.17, 15) is 19.2 Å². The SMILES string of the molecule is COC(=O)C(=O)N1CC[C@H]2NC(=O)N(c3ccc(C)cc3)C(=O)[C@H]21. The van der Waals surface area contributed by atoms with Crippen LogP contribution < -0.4 is 10.2 Å². The maximum atomic E-state index is 12.8. The molecule has 2 aliphatic rings. The highest BCUT2D eigenvalue weighted by Gasteiger charge is 2.51. The standard InChI is InChI=1S/C16H17N3O5/c1-9-3-5-10(6-4-9)19-13(20)12-11(17-16(19)23)7-8-18(12)14(21)15(22)24-2/h3-6,11-12H,7-8H2,1-2H3,(H,17,23)/t11-,12+/m1/s1. The molecule has 2 saturated heterocycles. The van der Waals surface area contributed by atoms with Crippen LogP contribution in [0.2, 0.25) is 0 Å². The van der Waals surface area contributed by atoms with Crippen molar-refractivity contribution in [1.82, 2.24) is 10.2 Å². The van der Waals surface area contributed by atoms with E-state index in [0.29, 0.717) is 12.1 Å². The molecule has 8 heteroatoms. The summed E-state index contributed by atoms with van der Waals surface area (Å²) in [6.07, 6.45) is 0.409. The molecule has 4 amide bonds. The topological polar surface area (TPSA) is 96.0 Å². The van der Waals surface area contributed by atoms with Crippen molar-refractivity contribution in [3.05, 3.63) is 29.8 Å². The van der Waals surface area contributed by atoms with Crippen LogP contribution in [0.5, 0.6) is 0 Å². The Labute approximate surface area is 138 Å². The quantitative estimate of drug-likeness (QED) is 0.585. The van der Waals surface area contributed by atoms with Gasteiger partial charge in [0.1, 0.15) is 6.04 Å². The summed E-state index contributed by atoms with van der Waals surface area (Å²) in [7, 11) is 1.11. The Hall–Kier alpha value is -2.90. The van der Waals surface area contributed by atoms with Crippen molar-refractivity contribution < 1.29 is 23.9 Å². The number of urea groups is 1. The van der Waals surface area contributed by atoms with E-state index in [2.05, 4.69) is 10.1 Å². The van der Waals surface area contributed by atoms with Crippen molar-refractivity contribution in [3.63, 3.8) is 0 Å². The van der Waals surface area contributed by atoms with Crippen LogP contribution in [0.25, 0.3) is 0 Å². The van der Waals surface area contributed by atoms with E-state index >= 15 is 0 Å². The first-order chi connectivity index (χ1) is 11.4.